The Morgan fingerprint density at radius 3 is 3.10 bits per heavy atom. The van der Waals surface area contributed by atoms with E-state index < -0.39 is 0 Å². The molecule has 0 spiro atoms. The number of rotatable bonds is 5. The molecule has 3 rings (SSSR count). The molecule has 3 N–H and O–H groups in total. The molecule has 2 atom stereocenters. The van der Waals surface area contributed by atoms with Crippen molar-refractivity contribution in [2.45, 2.75) is 31.6 Å². The number of pyridine rings is 1. The molecule has 1 fully saturated rings. The van der Waals surface area contributed by atoms with E-state index in [9.17, 15) is 4.79 Å². The highest BCUT2D eigenvalue weighted by Gasteiger charge is 2.27. The quantitative estimate of drug-likeness (QED) is 0.738. The van der Waals surface area contributed by atoms with Crippen molar-refractivity contribution in [2.24, 2.45) is 0 Å². The Bertz CT molecular complexity index is 575. The molecule has 7 nitrogen and oxygen atoms in total. The maximum absolute atomic E-state index is 10.9. The van der Waals surface area contributed by atoms with Crippen molar-refractivity contribution < 1.29 is 4.74 Å². The van der Waals surface area contributed by atoms with Gasteiger partial charge in [0.2, 0.25) is 5.56 Å². The predicted octanol–water partition coefficient (Wildman–Crippen LogP) is 0.503. The van der Waals surface area contributed by atoms with Crippen molar-refractivity contribution in [3.63, 3.8) is 0 Å². The van der Waals surface area contributed by atoms with Gasteiger partial charge in [-0.25, -0.2) is 4.98 Å². The van der Waals surface area contributed by atoms with E-state index >= 15 is 0 Å². The van der Waals surface area contributed by atoms with Gasteiger partial charge in [-0.1, -0.05) is 6.07 Å². The first-order chi connectivity index (χ1) is 9.81. The Kier molecular flexibility index (Phi) is 3.89. The van der Waals surface area contributed by atoms with Crippen molar-refractivity contribution >= 4 is 0 Å². The van der Waals surface area contributed by atoms with Gasteiger partial charge in [0.25, 0.3) is 0 Å². The molecule has 1 aliphatic rings. The van der Waals surface area contributed by atoms with E-state index in [1.54, 1.807) is 6.20 Å². The Hall–Kier alpha value is -1.99. The minimum absolute atomic E-state index is 0.0254. The highest BCUT2D eigenvalue weighted by Crippen LogP contribution is 2.29. The van der Waals surface area contributed by atoms with Gasteiger partial charge in [-0.05, 0) is 18.4 Å². The van der Waals surface area contributed by atoms with Crippen LogP contribution >= 0.6 is 0 Å². The highest BCUT2D eigenvalue weighted by atomic mass is 16.5. The van der Waals surface area contributed by atoms with Crippen molar-refractivity contribution in [3.8, 4) is 0 Å². The van der Waals surface area contributed by atoms with Crippen LogP contribution in [-0.2, 0) is 11.3 Å². The molecule has 0 unspecified atom stereocenters. The van der Waals surface area contributed by atoms with Crippen molar-refractivity contribution in [1.82, 2.24) is 25.5 Å². The number of hydrogen-bond acceptors (Lipinski definition) is 5. The standard InChI is InChI=1S/C13H17N5O2/c19-12-4-1-9(6-15-12)5-14-7-10-2-3-11(20-10)13-16-8-17-18-13/h1,4,6,8,10-11,14H,2-3,5,7H2,(H,15,19)(H,16,17,18)/t10-,11+/m1/s1. The second kappa shape index (κ2) is 5.98. The summed E-state index contributed by atoms with van der Waals surface area (Å²) in [5.41, 5.74) is 0.970. The van der Waals surface area contributed by atoms with E-state index in [0.717, 1.165) is 30.8 Å². The lowest BCUT2D eigenvalue weighted by Gasteiger charge is -2.13. The number of nitrogens with zero attached hydrogens (tertiary/aromatic N) is 2. The molecule has 1 saturated heterocycles. The summed E-state index contributed by atoms with van der Waals surface area (Å²) in [5.74, 6) is 0.799. The van der Waals surface area contributed by atoms with Gasteiger partial charge in [-0.2, -0.15) is 5.10 Å². The van der Waals surface area contributed by atoms with Gasteiger partial charge in [0.1, 0.15) is 12.4 Å². The largest absolute Gasteiger partial charge is 0.366 e. The second-order valence-electron chi connectivity index (χ2n) is 4.89. The van der Waals surface area contributed by atoms with E-state index in [2.05, 4.69) is 25.5 Å². The van der Waals surface area contributed by atoms with Crippen LogP contribution in [0.2, 0.25) is 0 Å². The SMILES string of the molecule is O=c1ccc(CNC[C@H]2CC[C@@H](c3ncn[nH]3)O2)c[nH]1. The molecule has 0 saturated carbocycles. The minimum Gasteiger partial charge on any atom is -0.366 e. The van der Waals surface area contributed by atoms with Gasteiger partial charge in [0.05, 0.1) is 6.10 Å². The van der Waals surface area contributed by atoms with Gasteiger partial charge >= 0.3 is 0 Å². The Morgan fingerprint density at radius 1 is 1.40 bits per heavy atom. The Labute approximate surface area is 115 Å². The minimum atomic E-state index is -0.0808. The van der Waals surface area contributed by atoms with Crippen molar-refractivity contribution in [1.29, 1.82) is 0 Å². The van der Waals surface area contributed by atoms with Crippen LogP contribution in [0.15, 0.2) is 29.5 Å². The van der Waals surface area contributed by atoms with E-state index in [1.807, 2.05) is 6.07 Å². The fourth-order valence-electron chi connectivity index (χ4n) is 2.36. The average Bonchev–Trinajstić information content (AvgIpc) is 3.11. The van der Waals surface area contributed by atoms with Crippen molar-refractivity contribution in [3.05, 3.63) is 46.4 Å². The Balaban J connectivity index is 1.43. The second-order valence-corrected chi connectivity index (χ2v) is 4.89. The normalized spacial score (nSPS) is 22.2. The zero-order valence-corrected chi connectivity index (χ0v) is 11.0. The molecule has 3 heterocycles. The molecule has 0 radical (unpaired) electrons. The predicted molar refractivity (Wildman–Crippen MR) is 72.0 cm³/mol. The first kappa shape index (κ1) is 13.0. The first-order valence-corrected chi connectivity index (χ1v) is 6.70. The lowest BCUT2D eigenvalue weighted by Crippen LogP contribution is -2.26. The molecule has 0 bridgehead atoms. The third-order valence-electron chi connectivity index (χ3n) is 3.40. The van der Waals surface area contributed by atoms with E-state index in [-0.39, 0.29) is 17.8 Å². The monoisotopic (exact) mass is 275 g/mol. The van der Waals surface area contributed by atoms with Crippen LogP contribution in [0.3, 0.4) is 0 Å². The van der Waals surface area contributed by atoms with E-state index in [0.29, 0.717) is 6.54 Å². The van der Waals surface area contributed by atoms with Gasteiger partial charge in [0.15, 0.2) is 5.82 Å². The molecule has 1 aliphatic heterocycles. The number of hydrogen-bond donors (Lipinski definition) is 3. The van der Waals surface area contributed by atoms with Crippen LogP contribution in [0.25, 0.3) is 0 Å². The summed E-state index contributed by atoms with van der Waals surface area (Å²) in [6.07, 6.45) is 5.40. The number of H-pyrrole nitrogens is 2. The summed E-state index contributed by atoms with van der Waals surface area (Å²) in [6, 6.07) is 3.35. The smallest absolute Gasteiger partial charge is 0.247 e. The molecule has 20 heavy (non-hydrogen) atoms. The topological polar surface area (TPSA) is 95.7 Å². The van der Waals surface area contributed by atoms with Crippen LogP contribution in [0.4, 0.5) is 0 Å². The summed E-state index contributed by atoms with van der Waals surface area (Å²) >= 11 is 0. The lowest BCUT2D eigenvalue weighted by atomic mass is 10.2. The fourth-order valence-corrected chi connectivity index (χ4v) is 2.36. The third-order valence-corrected chi connectivity index (χ3v) is 3.40. The first-order valence-electron chi connectivity index (χ1n) is 6.70. The van der Waals surface area contributed by atoms with Crippen LogP contribution < -0.4 is 10.9 Å². The molecule has 2 aromatic heterocycles. The molecule has 106 valence electrons. The van der Waals surface area contributed by atoms with Gasteiger partial charge in [0, 0.05) is 25.4 Å². The molecule has 0 aliphatic carbocycles. The highest BCUT2D eigenvalue weighted by molar-refractivity contribution is 5.08. The number of aromatic amines is 2. The molecule has 7 heteroatoms. The van der Waals surface area contributed by atoms with Gasteiger partial charge in [-0.3, -0.25) is 9.89 Å². The fraction of sp³-hybridized carbons (Fsp3) is 0.462. The molecular weight excluding hydrogens is 258 g/mol. The summed E-state index contributed by atoms with van der Waals surface area (Å²) < 4.78 is 5.91. The van der Waals surface area contributed by atoms with E-state index in [4.69, 9.17) is 4.74 Å². The summed E-state index contributed by atoms with van der Waals surface area (Å²) in [4.78, 5) is 17.7. The summed E-state index contributed by atoms with van der Waals surface area (Å²) in [7, 11) is 0. The van der Waals surface area contributed by atoms with E-state index in [1.165, 1.54) is 12.4 Å². The van der Waals surface area contributed by atoms with Crippen LogP contribution in [-0.4, -0.2) is 32.8 Å². The zero-order valence-electron chi connectivity index (χ0n) is 11.0. The number of ether oxygens (including phenoxy) is 1. The Morgan fingerprint density at radius 2 is 2.35 bits per heavy atom. The van der Waals surface area contributed by atoms with Crippen LogP contribution in [0, 0.1) is 0 Å². The lowest BCUT2D eigenvalue weighted by molar-refractivity contribution is 0.0401. The maximum Gasteiger partial charge on any atom is 0.247 e. The van der Waals surface area contributed by atoms with Crippen LogP contribution in [0.1, 0.15) is 30.3 Å². The van der Waals surface area contributed by atoms with Crippen molar-refractivity contribution in [2.75, 3.05) is 6.54 Å². The molecule has 2 aromatic rings. The number of aromatic nitrogens is 4. The average molecular weight is 275 g/mol. The molecular formula is C13H17N5O2. The van der Waals surface area contributed by atoms with Gasteiger partial charge in [-0.15, -0.1) is 0 Å². The maximum atomic E-state index is 10.9. The molecule has 0 amide bonds. The summed E-state index contributed by atoms with van der Waals surface area (Å²) in [6.45, 7) is 1.49. The third kappa shape index (κ3) is 3.12. The zero-order chi connectivity index (χ0) is 13.8. The number of nitrogens with one attached hydrogen (secondary N) is 3. The molecule has 0 aromatic carbocycles. The summed E-state index contributed by atoms with van der Waals surface area (Å²) in [5, 5.41) is 10.0. The van der Waals surface area contributed by atoms with Crippen LogP contribution in [0.5, 0.6) is 0 Å². The van der Waals surface area contributed by atoms with Gasteiger partial charge < -0.3 is 15.0 Å².